The van der Waals surface area contributed by atoms with Crippen LogP contribution in [-0.2, 0) is 11.3 Å². The van der Waals surface area contributed by atoms with E-state index in [0.29, 0.717) is 18.3 Å². The molecule has 0 aliphatic heterocycles. The first kappa shape index (κ1) is 11.7. The Balaban J connectivity index is 2.35. The lowest BCUT2D eigenvalue weighted by Crippen LogP contribution is -2.26. The van der Waals surface area contributed by atoms with Gasteiger partial charge in [-0.3, -0.25) is 4.79 Å². The maximum absolute atomic E-state index is 10.3. The predicted octanol–water partition coefficient (Wildman–Crippen LogP) is 1.78. The van der Waals surface area contributed by atoms with Crippen molar-refractivity contribution in [2.45, 2.75) is 19.5 Å². The molecular formula is C13H16N2O2. The minimum Gasteiger partial charge on any atom is -0.429 e. The number of aromatic nitrogens is 1. The van der Waals surface area contributed by atoms with E-state index in [1.165, 1.54) is 0 Å². The summed E-state index contributed by atoms with van der Waals surface area (Å²) < 4.78 is 7.01. The fourth-order valence-corrected chi connectivity index (χ4v) is 1.84. The van der Waals surface area contributed by atoms with Crippen LogP contribution in [0.1, 0.15) is 6.92 Å². The SMILES string of the molecule is CNC(C)Cn1ccc2ccc(OC=O)cc21. The van der Waals surface area contributed by atoms with Crippen molar-refractivity contribution in [3.8, 4) is 5.75 Å². The summed E-state index contributed by atoms with van der Waals surface area (Å²) in [6.45, 7) is 3.45. The number of carbonyl (C=O) groups excluding carboxylic acids is 1. The quantitative estimate of drug-likeness (QED) is 0.799. The summed E-state index contributed by atoms with van der Waals surface area (Å²) in [5.74, 6) is 0.574. The van der Waals surface area contributed by atoms with Gasteiger partial charge in [-0.2, -0.15) is 0 Å². The lowest BCUT2D eigenvalue weighted by molar-refractivity contribution is -0.120. The molecule has 1 aromatic heterocycles. The van der Waals surface area contributed by atoms with E-state index in [9.17, 15) is 4.79 Å². The molecule has 4 nitrogen and oxygen atoms in total. The molecule has 0 saturated carbocycles. The van der Waals surface area contributed by atoms with Gasteiger partial charge in [0.2, 0.25) is 0 Å². The van der Waals surface area contributed by atoms with Crippen molar-refractivity contribution in [1.82, 2.24) is 9.88 Å². The molecular weight excluding hydrogens is 216 g/mol. The van der Waals surface area contributed by atoms with E-state index in [4.69, 9.17) is 4.74 Å². The molecule has 1 atom stereocenters. The first-order chi connectivity index (χ1) is 8.24. The van der Waals surface area contributed by atoms with Gasteiger partial charge in [0.1, 0.15) is 5.75 Å². The molecule has 0 bridgehead atoms. The molecule has 90 valence electrons. The monoisotopic (exact) mass is 232 g/mol. The van der Waals surface area contributed by atoms with Gasteiger partial charge in [0.25, 0.3) is 6.47 Å². The first-order valence-corrected chi connectivity index (χ1v) is 5.61. The van der Waals surface area contributed by atoms with E-state index in [1.54, 1.807) is 6.07 Å². The van der Waals surface area contributed by atoms with Gasteiger partial charge in [-0.1, -0.05) is 0 Å². The van der Waals surface area contributed by atoms with Crippen LogP contribution in [0.5, 0.6) is 5.75 Å². The lowest BCUT2D eigenvalue weighted by atomic mass is 10.2. The third-order valence-corrected chi connectivity index (χ3v) is 2.89. The van der Waals surface area contributed by atoms with Gasteiger partial charge >= 0.3 is 0 Å². The van der Waals surface area contributed by atoms with Crippen molar-refractivity contribution in [3.05, 3.63) is 30.5 Å². The Bertz CT molecular complexity index is 519. The Morgan fingerprint density at radius 1 is 1.47 bits per heavy atom. The van der Waals surface area contributed by atoms with E-state index >= 15 is 0 Å². The number of hydrogen-bond donors (Lipinski definition) is 1. The summed E-state index contributed by atoms with van der Waals surface area (Å²) in [5.41, 5.74) is 1.08. The maximum atomic E-state index is 10.3. The van der Waals surface area contributed by atoms with Crippen molar-refractivity contribution in [3.63, 3.8) is 0 Å². The highest BCUT2D eigenvalue weighted by molar-refractivity contribution is 5.81. The van der Waals surface area contributed by atoms with E-state index in [2.05, 4.69) is 22.9 Å². The number of hydrogen-bond acceptors (Lipinski definition) is 3. The molecule has 0 fully saturated rings. The Labute approximate surface area is 100 Å². The Kier molecular flexibility index (Phi) is 3.44. The van der Waals surface area contributed by atoms with Crippen LogP contribution in [0.25, 0.3) is 10.9 Å². The smallest absolute Gasteiger partial charge is 0.298 e. The van der Waals surface area contributed by atoms with Gasteiger partial charge < -0.3 is 14.6 Å². The molecule has 1 aromatic carbocycles. The highest BCUT2D eigenvalue weighted by Gasteiger charge is 2.05. The Morgan fingerprint density at radius 2 is 2.29 bits per heavy atom. The number of fused-ring (bicyclic) bond motifs is 1. The fourth-order valence-electron chi connectivity index (χ4n) is 1.84. The maximum Gasteiger partial charge on any atom is 0.298 e. The van der Waals surface area contributed by atoms with Crippen LogP contribution in [0.3, 0.4) is 0 Å². The van der Waals surface area contributed by atoms with E-state index in [-0.39, 0.29) is 0 Å². The van der Waals surface area contributed by atoms with Crippen LogP contribution in [0.2, 0.25) is 0 Å². The summed E-state index contributed by atoms with van der Waals surface area (Å²) in [7, 11) is 1.94. The van der Waals surface area contributed by atoms with Crippen LogP contribution < -0.4 is 10.1 Å². The summed E-state index contributed by atoms with van der Waals surface area (Å²) in [6, 6.07) is 8.08. The zero-order valence-electron chi connectivity index (χ0n) is 10.0. The molecule has 0 amide bonds. The van der Waals surface area contributed by atoms with Crippen molar-refractivity contribution in [1.29, 1.82) is 0 Å². The number of likely N-dealkylation sites (N-methyl/N-ethyl adjacent to an activating group) is 1. The largest absolute Gasteiger partial charge is 0.429 e. The lowest BCUT2D eigenvalue weighted by Gasteiger charge is -2.12. The van der Waals surface area contributed by atoms with Crippen molar-refractivity contribution in [2.24, 2.45) is 0 Å². The van der Waals surface area contributed by atoms with Gasteiger partial charge in [-0.15, -0.1) is 0 Å². The molecule has 1 N–H and O–H groups in total. The molecule has 4 heteroatoms. The Hall–Kier alpha value is -1.81. The van der Waals surface area contributed by atoms with Crippen molar-refractivity contribution < 1.29 is 9.53 Å². The number of ether oxygens (including phenoxy) is 1. The van der Waals surface area contributed by atoms with Crippen LogP contribution in [0, 0.1) is 0 Å². The first-order valence-electron chi connectivity index (χ1n) is 5.61. The third kappa shape index (κ3) is 2.47. The number of benzene rings is 1. The summed E-state index contributed by atoms with van der Waals surface area (Å²) in [6.07, 6.45) is 2.04. The number of carbonyl (C=O) groups is 1. The van der Waals surface area contributed by atoms with E-state index in [1.807, 2.05) is 25.4 Å². The second kappa shape index (κ2) is 5.01. The molecule has 1 heterocycles. The van der Waals surface area contributed by atoms with Gasteiger partial charge in [-0.05, 0) is 37.6 Å². The molecule has 2 aromatic rings. The average Bonchev–Trinajstić information content (AvgIpc) is 2.72. The van der Waals surface area contributed by atoms with Crippen LogP contribution in [0.15, 0.2) is 30.5 Å². The summed E-state index contributed by atoms with van der Waals surface area (Å²) >= 11 is 0. The molecule has 17 heavy (non-hydrogen) atoms. The average molecular weight is 232 g/mol. The zero-order chi connectivity index (χ0) is 12.3. The molecule has 1 unspecified atom stereocenters. The van der Waals surface area contributed by atoms with Crippen molar-refractivity contribution in [2.75, 3.05) is 7.05 Å². The summed E-state index contributed by atoms with van der Waals surface area (Å²) in [4.78, 5) is 10.3. The standard InChI is InChI=1S/C13H16N2O2/c1-10(14-2)8-15-6-5-11-3-4-12(17-9-16)7-13(11)15/h3-7,9-10,14H,8H2,1-2H3. The van der Waals surface area contributed by atoms with Gasteiger partial charge in [0.05, 0.1) is 5.52 Å². The van der Waals surface area contributed by atoms with E-state index < -0.39 is 0 Å². The van der Waals surface area contributed by atoms with Gasteiger partial charge in [0.15, 0.2) is 0 Å². The molecule has 0 saturated heterocycles. The van der Waals surface area contributed by atoms with Gasteiger partial charge in [0, 0.05) is 24.8 Å². The normalized spacial score (nSPS) is 12.6. The van der Waals surface area contributed by atoms with Crippen molar-refractivity contribution >= 4 is 17.4 Å². The third-order valence-electron chi connectivity index (χ3n) is 2.89. The molecule has 0 aliphatic rings. The minimum atomic E-state index is 0.390. The van der Waals surface area contributed by atoms with Gasteiger partial charge in [-0.25, -0.2) is 0 Å². The zero-order valence-corrected chi connectivity index (χ0v) is 10.0. The second-order valence-electron chi connectivity index (χ2n) is 4.09. The van der Waals surface area contributed by atoms with Crippen LogP contribution >= 0.6 is 0 Å². The highest BCUT2D eigenvalue weighted by atomic mass is 16.5. The molecule has 2 rings (SSSR count). The molecule has 0 radical (unpaired) electrons. The Morgan fingerprint density at radius 3 is 3.00 bits per heavy atom. The van der Waals surface area contributed by atoms with Crippen LogP contribution in [0.4, 0.5) is 0 Å². The minimum absolute atomic E-state index is 0.390. The van der Waals surface area contributed by atoms with E-state index in [0.717, 1.165) is 17.4 Å². The number of nitrogens with zero attached hydrogens (tertiary/aromatic N) is 1. The summed E-state index contributed by atoms with van der Waals surface area (Å²) in [5, 5.41) is 4.34. The second-order valence-corrected chi connectivity index (χ2v) is 4.09. The highest BCUT2D eigenvalue weighted by Crippen LogP contribution is 2.22. The topological polar surface area (TPSA) is 43.3 Å². The fraction of sp³-hybridized carbons (Fsp3) is 0.308. The molecule has 0 aliphatic carbocycles. The number of rotatable bonds is 5. The predicted molar refractivity (Wildman–Crippen MR) is 67.2 cm³/mol. The number of nitrogens with one attached hydrogen (secondary N) is 1. The van der Waals surface area contributed by atoms with Crippen LogP contribution in [-0.4, -0.2) is 24.1 Å². The molecule has 0 spiro atoms.